The van der Waals surface area contributed by atoms with Crippen molar-refractivity contribution in [3.05, 3.63) is 42.5 Å². The molecular weight excluding hydrogens is 400 g/mol. The van der Waals surface area contributed by atoms with Gasteiger partial charge in [0.1, 0.15) is 18.5 Å². The first-order valence-electron chi connectivity index (χ1n) is 11.0. The van der Waals surface area contributed by atoms with E-state index >= 15 is 0 Å². The van der Waals surface area contributed by atoms with E-state index in [1.165, 1.54) is 0 Å². The van der Waals surface area contributed by atoms with Crippen molar-refractivity contribution in [3.8, 4) is 5.75 Å². The molecule has 2 fully saturated rings. The largest absolute Gasteiger partial charge is 0.491 e. The topological polar surface area (TPSA) is 65.0 Å². The molecule has 0 amide bonds. The minimum absolute atomic E-state index is 0.131. The van der Waals surface area contributed by atoms with E-state index in [-0.39, 0.29) is 12.6 Å². The summed E-state index contributed by atoms with van der Waals surface area (Å²) in [5.41, 5.74) is 0. The van der Waals surface area contributed by atoms with Crippen LogP contribution in [0.3, 0.4) is 0 Å². The summed E-state index contributed by atoms with van der Waals surface area (Å²) in [7, 11) is 0. The molecule has 1 N–H and O–H groups in total. The number of benzene rings is 1. The van der Waals surface area contributed by atoms with Gasteiger partial charge in [0, 0.05) is 0 Å². The van der Waals surface area contributed by atoms with Crippen molar-refractivity contribution in [1.29, 1.82) is 0 Å². The highest BCUT2D eigenvalue weighted by Crippen LogP contribution is 2.41. The van der Waals surface area contributed by atoms with Crippen LogP contribution in [-0.4, -0.2) is 54.6 Å². The predicted molar refractivity (Wildman–Crippen MR) is 120 cm³/mol. The van der Waals surface area contributed by atoms with Crippen LogP contribution in [-0.2, 0) is 14.3 Å². The van der Waals surface area contributed by atoms with Gasteiger partial charge < -0.3 is 19.3 Å². The zero-order valence-electron chi connectivity index (χ0n) is 17.8. The lowest BCUT2D eigenvalue weighted by atomic mass is 9.88. The third-order valence-corrected chi connectivity index (χ3v) is 7.04. The highest BCUT2D eigenvalue weighted by atomic mass is 32.2. The van der Waals surface area contributed by atoms with E-state index in [2.05, 4.69) is 6.08 Å². The van der Waals surface area contributed by atoms with Gasteiger partial charge in [-0.2, -0.15) is 0 Å². The molecular formula is C24H34O5S. The number of hydrogen-bond donors (Lipinski definition) is 1. The van der Waals surface area contributed by atoms with Crippen molar-refractivity contribution in [2.75, 3.05) is 31.3 Å². The first-order valence-corrected chi connectivity index (χ1v) is 12.2. The molecule has 5 nitrogen and oxygen atoms in total. The lowest BCUT2D eigenvalue weighted by Crippen LogP contribution is -2.21. The van der Waals surface area contributed by atoms with Crippen LogP contribution in [0.2, 0.25) is 0 Å². The number of thioether (sulfide) groups is 1. The Morgan fingerprint density at radius 3 is 2.90 bits per heavy atom. The summed E-state index contributed by atoms with van der Waals surface area (Å²) >= 11 is 1.65. The minimum atomic E-state index is -0.608. The van der Waals surface area contributed by atoms with Crippen molar-refractivity contribution in [2.45, 2.75) is 44.8 Å². The Kier molecular flexibility index (Phi) is 9.56. The Hall–Kier alpha value is -1.50. The van der Waals surface area contributed by atoms with Crippen LogP contribution >= 0.6 is 11.8 Å². The number of fused-ring (bicyclic) bond motifs is 1. The van der Waals surface area contributed by atoms with Gasteiger partial charge in [-0.3, -0.25) is 4.79 Å². The lowest BCUT2D eigenvalue weighted by molar-refractivity contribution is -0.139. The SMILES string of the molecule is CCOC(=O)CSC[C@H]1CC[C@H]2[C@H](CC[C@@H]2/C=C/[C@@H](O)COc2ccccc2)OC1. The van der Waals surface area contributed by atoms with Crippen LogP contribution in [0.15, 0.2) is 42.5 Å². The zero-order valence-corrected chi connectivity index (χ0v) is 18.6. The van der Waals surface area contributed by atoms with Gasteiger partial charge in [0.2, 0.25) is 0 Å². The van der Waals surface area contributed by atoms with Crippen LogP contribution in [0, 0.1) is 17.8 Å². The maximum atomic E-state index is 11.5. The average molecular weight is 435 g/mol. The summed E-state index contributed by atoms with van der Waals surface area (Å²) in [4.78, 5) is 11.5. The van der Waals surface area contributed by atoms with Gasteiger partial charge in [-0.25, -0.2) is 0 Å². The van der Waals surface area contributed by atoms with E-state index in [1.54, 1.807) is 11.8 Å². The molecule has 1 aliphatic carbocycles. The number of rotatable bonds is 10. The van der Waals surface area contributed by atoms with Crippen LogP contribution in [0.4, 0.5) is 0 Å². The molecule has 166 valence electrons. The van der Waals surface area contributed by atoms with Gasteiger partial charge in [0.15, 0.2) is 0 Å². The van der Waals surface area contributed by atoms with Gasteiger partial charge in [-0.05, 0) is 68.2 Å². The van der Waals surface area contributed by atoms with Gasteiger partial charge in [-0.1, -0.05) is 30.4 Å². The second-order valence-electron chi connectivity index (χ2n) is 8.12. The fourth-order valence-corrected chi connectivity index (χ4v) is 5.31. The second kappa shape index (κ2) is 12.4. The molecule has 6 heteroatoms. The molecule has 0 aromatic heterocycles. The predicted octanol–water partition coefficient (Wildman–Crippen LogP) is 4.10. The van der Waals surface area contributed by atoms with Gasteiger partial charge in [0.25, 0.3) is 0 Å². The molecule has 1 aromatic rings. The molecule has 1 heterocycles. The maximum Gasteiger partial charge on any atom is 0.315 e. The van der Waals surface area contributed by atoms with Crippen LogP contribution in [0.1, 0.15) is 32.6 Å². The Morgan fingerprint density at radius 1 is 1.27 bits per heavy atom. The first-order chi connectivity index (χ1) is 14.7. The first kappa shape index (κ1) is 23.2. The van der Waals surface area contributed by atoms with Crippen molar-refractivity contribution in [3.63, 3.8) is 0 Å². The third kappa shape index (κ3) is 7.33. The lowest BCUT2D eigenvalue weighted by Gasteiger charge is -2.20. The number of aliphatic hydroxyl groups excluding tert-OH is 1. The number of para-hydroxylation sites is 1. The summed E-state index contributed by atoms with van der Waals surface area (Å²) in [5, 5.41) is 10.3. The molecule has 1 aromatic carbocycles. The van der Waals surface area contributed by atoms with E-state index in [4.69, 9.17) is 14.2 Å². The number of esters is 1. The van der Waals surface area contributed by atoms with E-state index in [1.807, 2.05) is 43.3 Å². The number of hydrogen-bond acceptors (Lipinski definition) is 6. The molecule has 0 bridgehead atoms. The Balaban J connectivity index is 1.40. The quantitative estimate of drug-likeness (QED) is 0.442. The number of aliphatic hydroxyl groups is 1. The molecule has 1 saturated carbocycles. The molecule has 1 aliphatic heterocycles. The van der Waals surface area contributed by atoms with Crippen molar-refractivity contribution >= 4 is 17.7 Å². The monoisotopic (exact) mass is 434 g/mol. The van der Waals surface area contributed by atoms with Crippen LogP contribution < -0.4 is 4.74 Å². The summed E-state index contributed by atoms with van der Waals surface area (Å²) in [6.07, 6.45) is 8.22. The zero-order chi connectivity index (χ0) is 21.2. The molecule has 30 heavy (non-hydrogen) atoms. The summed E-state index contributed by atoms with van der Waals surface area (Å²) in [5.74, 6) is 3.46. The van der Waals surface area contributed by atoms with Crippen molar-refractivity contribution in [1.82, 2.24) is 0 Å². The molecule has 0 unspecified atom stereocenters. The Bertz CT molecular complexity index is 665. The maximum absolute atomic E-state index is 11.5. The number of carbonyl (C=O) groups is 1. The summed E-state index contributed by atoms with van der Waals surface area (Å²) in [6.45, 7) is 3.32. The van der Waals surface area contributed by atoms with E-state index in [0.717, 1.165) is 43.8 Å². The molecule has 0 spiro atoms. The Morgan fingerprint density at radius 2 is 2.10 bits per heavy atom. The minimum Gasteiger partial charge on any atom is -0.491 e. The van der Waals surface area contributed by atoms with Gasteiger partial charge >= 0.3 is 5.97 Å². The number of ether oxygens (including phenoxy) is 3. The van der Waals surface area contributed by atoms with E-state index in [9.17, 15) is 9.90 Å². The van der Waals surface area contributed by atoms with Crippen LogP contribution in [0.25, 0.3) is 0 Å². The Labute approximate surface area is 184 Å². The van der Waals surface area contributed by atoms with Gasteiger partial charge in [0.05, 0.1) is 25.1 Å². The average Bonchev–Trinajstić information content (AvgIpc) is 3.03. The van der Waals surface area contributed by atoms with Gasteiger partial charge in [-0.15, -0.1) is 11.8 Å². The smallest absolute Gasteiger partial charge is 0.315 e. The molecule has 3 rings (SSSR count). The molecule has 1 saturated heterocycles. The second-order valence-corrected chi connectivity index (χ2v) is 9.15. The molecule has 2 aliphatic rings. The number of allylic oxidation sites excluding steroid dienone is 1. The fraction of sp³-hybridized carbons (Fsp3) is 0.625. The number of carbonyl (C=O) groups excluding carboxylic acids is 1. The fourth-order valence-electron chi connectivity index (χ4n) is 4.35. The highest BCUT2D eigenvalue weighted by molar-refractivity contribution is 7.99. The third-order valence-electron chi connectivity index (χ3n) is 5.89. The molecule has 5 atom stereocenters. The summed E-state index contributed by atoms with van der Waals surface area (Å²) < 4.78 is 16.9. The molecule has 0 radical (unpaired) electrons. The standard InChI is InChI=1S/C24H34O5S/c1-2-27-24(26)17-30-16-18-8-12-22-19(10-13-23(22)29-14-18)9-11-20(25)15-28-21-6-4-3-5-7-21/h3-7,9,11,18-20,22-23,25H,2,8,10,12-17H2,1H3/b11-9+/t18-,19-,20+,22+,23-/m0/s1. The summed E-state index contributed by atoms with van der Waals surface area (Å²) in [6, 6.07) is 9.57. The van der Waals surface area contributed by atoms with E-state index in [0.29, 0.717) is 36.2 Å². The normalized spacial score (nSPS) is 27.4. The van der Waals surface area contributed by atoms with Crippen LogP contribution in [0.5, 0.6) is 5.75 Å². The highest BCUT2D eigenvalue weighted by Gasteiger charge is 2.37. The van der Waals surface area contributed by atoms with Crippen molar-refractivity contribution < 1.29 is 24.1 Å². The van der Waals surface area contributed by atoms with Crippen molar-refractivity contribution in [2.24, 2.45) is 17.8 Å². The van der Waals surface area contributed by atoms with E-state index < -0.39 is 6.10 Å².